The van der Waals surface area contributed by atoms with Crippen molar-refractivity contribution in [1.29, 1.82) is 5.26 Å². The van der Waals surface area contributed by atoms with Crippen molar-refractivity contribution in [3.05, 3.63) is 54.1 Å². The van der Waals surface area contributed by atoms with Gasteiger partial charge in [-0.05, 0) is 113 Å². The Morgan fingerprint density at radius 2 is 0.951 bits per heavy atom. The molecule has 0 heterocycles. The minimum atomic E-state index is -2.56. The van der Waals surface area contributed by atoms with E-state index in [-0.39, 0.29) is 0 Å². The van der Waals surface area contributed by atoms with E-state index in [0.29, 0.717) is 5.56 Å². The van der Waals surface area contributed by atoms with Crippen LogP contribution in [0.1, 0.15) is 25.3 Å². The molecule has 0 bridgehead atoms. The summed E-state index contributed by atoms with van der Waals surface area (Å²) in [6.07, 6.45) is 2.39. The SMILES string of the molecule is CCCC[Si](C)(C)O[Si](C)(C)O[Si](C)(C)O[Si](C)(C)O[Si](C)(C)O[Si](C)(C)c1ccc(-c2ccc(C#N)cc2)cc1. The summed E-state index contributed by atoms with van der Waals surface area (Å²) < 4.78 is 33.8. The van der Waals surface area contributed by atoms with E-state index in [1.165, 1.54) is 18.0 Å². The maximum Gasteiger partial charge on any atom is 0.314 e. The summed E-state index contributed by atoms with van der Waals surface area (Å²) in [7, 11) is -14.0. The average Bonchev–Trinajstić information content (AvgIpc) is 2.79. The van der Waals surface area contributed by atoms with Crippen molar-refractivity contribution in [2.45, 2.75) is 104 Å². The lowest BCUT2D eigenvalue weighted by molar-refractivity contribution is 0.282. The molecule has 2 rings (SSSR count). The van der Waals surface area contributed by atoms with Crippen LogP contribution in [0.15, 0.2) is 48.5 Å². The van der Waals surface area contributed by atoms with Gasteiger partial charge in [-0.3, -0.25) is 0 Å². The quantitative estimate of drug-likeness (QED) is 0.178. The molecule has 41 heavy (non-hydrogen) atoms. The lowest BCUT2D eigenvalue weighted by atomic mass is 10.0. The Hall–Kier alpha value is -0.969. The van der Waals surface area contributed by atoms with E-state index in [2.05, 4.69) is 116 Å². The third kappa shape index (κ3) is 12.3. The molecule has 2 aromatic rings. The fourth-order valence-electron chi connectivity index (χ4n) is 5.65. The van der Waals surface area contributed by atoms with Gasteiger partial charge in [0.2, 0.25) is 8.32 Å². The third-order valence-electron chi connectivity index (χ3n) is 6.56. The first kappa shape index (κ1) is 36.2. The van der Waals surface area contributed by atoms with Crippen LogP contribution in [0.3, 0.4) is 0 Å². The van der Waals surface area contributed by atoms with E-state index in [9.17, 15) is 0 Å². The van der Waals surface area contributed by atoms with Gasteiger partial charge in [-0.25, -0.2) is 0 Å². The number of rotatable bonds is 15. The number of hydrogen-bond acceptors (Lipinski definition) is 6. The van der Waals surface area contributed by atoms with Gasteiger partial charge >= 0.3 is 34.2 Å². The van der Waals surface area contributed by atoms with E-state index >= 15 is 0 Å². The molecule has 0 atom stereocenters. The Kier molecular flexibility index (Phi) is 12.2. The summed E-state index contributed by atoms with van der Waals surface area (Å²) in [5.41, 5.74) is 2.88. The maximum absolute atomic E-state index is 9.07. The highest BCUT2D eigenvalue weighted by molar-refractivity contribution is 6.94. The van der Waals surface area contributed by atoms with Crippen LogP contribution in [0, 0.1) is 11.3 Å². The largest absolute Gasteiger partial charge is 0.436 e. The Morgan fingerprint density at radius 3 is 1.37 bits per heavy atom. The molecular weight excluding hydrogens is 611 g/mol. The fourth-order valence-corrected chi connectivity index (χ4v) is 35.3. The van der Waals surface area contributed by atoms with Gasteiger partial charge in [0.05, 0.1) is 11.6 Å². The number of benzene rings is 2. The molecule has 0 spiro atoms. The highest BCUT2D eigenvalue weighted by Crippen LogP contribution is 2.29. The summed E-state index contributed by atoms with van der Waals surface area (Å²) in [4.78, 5) is 0. The maximum atomic E-state index is 9.07. The predicted molar refractivity (Wildman–Crippen MR) is 186 cm³/mol. The number of unbranched alkanes of at least 4 members (excludes halogenated alkanes) is 1. The molecular formula is C29H53NO5Si6. The zero-order valence-corrected chi connectivity index (χ0v) is 33.7. The predicted octanol–water partition coefficient (Wildman–Crippen LogP) is 8.53. The molecule has 228 valence electrons. The first-order valence-electron chi connectivity index (χ1n) is 14.7. The van der Waals surface area contributed by atoms with Crippen LogP contribution in [0.25, 0.3) is 11.1 Å². The monoisotopic (exact) mass is 663 g/mol. The summed E-state index contributed by atoms with van der Waals surface area (Å²) in [6, 6.07) is 19.6. The van der Waals surface area contributed by atoms with E-state index in [1.807, 2.05) is 24.3 Å². The van der Waals surface area contributed by atoms with Crippen molar-refractivity contribution in [3.63, 3.8) is 0 Å². The topological polar surface area (TPSA) is 69.9 Å². The van der Waals surface area contributed by atoms with Gasteiger partial charge in [0.15, 0.2) is 8.32 Å². The van der Waals surface area contributed by atoms with E-state index in [4.69, 9.17) is 25.8 Å². The summed E-state index contributed by atoms with van der Waals surface area (Å²) in [6.45, 7) is 28.3. The minimum absolute atomic E-state index is 0.666. The van der Waals surface area contributed by atoms with Gasteiger partial charge in [-0.2, -0.15) is 5.26 Å². The second kappa shape index (κ2) is 13.8. The van der Waals surface area contributed by atoms with Gasteiger partial charge in [-0.1, -0.05) is 56.2 Å². The zero-order valence-electron chi connectivity index (χ0n) is 27.7. The highest BCUT2D eigenvalue weighted by atomic mass is 28.5. The van der Waals surface area contributed by atoms with E-state index in [1.54, 1.807) is 0 Å². The van der Waals surface area contributed by atoms with Crippen molar-refractivity contribution in [3.8, 4) is 17.2 Å². The van der Waals surface area contributed by atoms with Crippen LogP contribution in [-0.4, -0.2) is 50.9 Å². The molecule has 0 aromatic heterocycles. The number of nitriles is 1. The van der Waals surface area contributed by atoms with Crippen LogP contribution in [0.2, 0.25) is 84.6 Å². The Morgan fingerprint density at radius 1 is 0.561 bits per heavy atom. The summed E-state index contributed by atoms with van der Waals surface area (Å²) in [5, 5.41) is 10.3. The normalized spacial score (nSPS) is 13.8. The second-order valence-corrected chi connectivity index (χ2v) is 36.6. The van der Waals surface area contributed by atoms with Crippen LogP contribution in [0.4, 0.5) is 0 Å². The minimum Gasteiger partial charge on any atom is -0.436 e. The fraction of sp³-hybridized carbons (Fsp3) is 0.552. The Labute approximate surface area is 256 Å². The molecule has 0 saturated carbocycles. The smallest absolute Gasteiger partial charge is 0.314 e. The van der Waals surface area contributed by atoms with Crippen molar-refractivity contribution in [2.24, 2.45) is 0 Å². The average molecular weight is 664 g/mol. The highest BCUT2D eigenvalue weighted by Gasteiger charge is 2.47. The van der Waals surface area contributed by atoms with E-state index in [0.717, 1.165) is 17.2 Å². The summed E-state index contributed by atoms with van der Waals surface area (Å²) >= 11 is 0. The molecule has 2 aromatic carbocycles. The molecule has 0 unspecified atom stereocenters. The zero-order chi connectivity index (χ0) is 31.3. The van der Waals surface area contributed by atoms with Crippen LogP contribution >= 0.6 is 0 Å². The molecule has 0 saturated heterocycles. The van der Waals surface area contributed by atoms with Crippen molar-refractivity contribution >= 4 is 56.1 Å². The first-order valence-corrected chi connectivity index (χ1v) is 32.0. The Bertz CT molecular complexity index is 1180. The molecule has 6 nitrogen and oxygen atoms in total. The standard InChI is InChI=1S/C29H53NO5Si6/c1-14-15-24-36(2,3)31-38(6,7)33-40(10,11)35-41(12,13)34-39(8,9)32-37(4,5)29-22-20-28(21-23-29)27-18-16-26(25-30)17-19-27/h16-23H,14-15,24H2,1-13H3. The Balaban J connectivity index is 2.07. The van der Waals surface area contributed by atoms with E-state index < -0.39 is 50.9 Å². The lowest BCUT2D eigenvalue weighted by Crippen LogP contribution is -2.61. The molecule has 0 aliphatic heterocycles. The van der Waals surface area contributed by atoms with Gasteiger partial charge in [0.1, 0.15) is 0 Å². The van der Waals surface area contributed by atoms with Crippen molar-refractivity contribution in [2.75, 3.05) is 0 Å². The summed E-state index contributed by atoms with van der Waals surface area (Å²) in [5.74, 6) is 0. The number of nitrogens with zero attached hydrogens (tertiary/aromatic N) is 1. The molecule has 0 N–H and O–H groups in total. The van der Waals surface area contributed by atoms with Gasteiger partial charge < -0.3 is 20.6 Å². The molecule has 12 heteroatoms. The second-order valence-electron chi connectivity index (χ2n) is 13.7. The molecule has 0 amide bonds. The molecule has 0 aliphatic rings. The number of hydrogen-bond donors (Lipinski definition) is 0. The van der Waals surface area contributed by atoms with Crippen molar-refractivity contribution in [1.82, 2.24) is 0 Å². The van der Waals surface area contributed by atoms with Crippen LogP contribution < -0.4 is 5.19 Å². The van der Waals surface area contributed by atoms with Gasteiger partial charge in [0.25, 0.3) is 0 Å². The van der Waals surface area contributed by atoms with Crippen molar-refractivity contribution < 1.29 is 20.6 Å². The molecule has 0 aliphatic carbocycles. The molecule has 0 fully saturated rings. The van der Waals surface area contributed by atoms with Crippen LogP contribution in [0.5, 0.6) is 0 Å². The lowest BCUT2D eigenvalue weighted by Gasteiger charge is -2.43. The third-order valence-corrected chi connectivity index (χ3v) is 29.8. The van der Waals surface area contributed by atoms with Gasteiger partial charge in [0, 0.05) is 0 Å². The van der Waals surface area contributed by atoms with Crippen LogP contribution in [-0.2, 0) is 20.6 Å². The first-order chi connectivity index (χ1) is 18.6. The molecule has 0 radical (unpaired) electrons. The van der Waals surface area contributed by atoms with Gasteiger partial charge in [-0.15, -0.1) is 0 Å².